The third-order valence-corrected chi connectivity index (χ3v) is 15.0. The van der Waals surface area contributed by atoms with Crippen LogP contribution in [0.1, 0.15) is 21.1 Å². The van der Waals surface area contributed by atoms with E-state index in [1.165, 1.54) is 38.9 Å². The minimum absolute atomic E-state index is 0.0918. The van der Waals surface area contributed by atoms with Crippen LogP contribution < -0.4 is 9.80 Å². The predicted octanol–water partition coefficient (Wildman–Crippen LogP) is 7.90. The molecule has 4 aromatic carbocycles. The zero-order valence-electron chi connectivity index (χ0n) is 30.0. The number of carboxylic acids is 2. The smallest absolute Gasteiger partial charge is 0.371 e. The summed E-state index contributed by atoms with van der Waals surface area (Å²) in [5.74, 6) is -2.71. The van der Waals surface area contributed by atoms with Gasteiger partial charge in [0.05, 0.1) is 31.3 Å². The first kappa shape index (κ1) is 41.6. The van der Waals surface area contributed by atoms with E-state index < -0.39 is 32.0 Å². The lowest BCUT2D eigenvalue weighted by atomic mass is 10.2. The van der Waals surface area contributed by atoms with Crippen molar-refractivity contribution in [3.63, 3.8) is 0 Å². The minimum atomic E-state index is -3.69. The molecule has 6 aromatic rings. The molecule has 0 spiro atoms. The second-order valence-electron chi connectivity index (χ2n) is 13.1. The Labute approximate surface area is 352 Å². The Morgan fingerprint density at radius 1 is 0.552 bits per heavy atom. The van der Waals surface area contributed by atoms with Gasteiger partial charge in [-0.2, -0.15) is 8.61 Å². The fourth-order valence-corrected chi connectivity index (χ4v) is 11.0. The van der Waals surface area contributed by atoms with Crippen molar-refractivity contribution in [1.29, 1.82) is 0 Å². The van der Waals surface area contributed by atoms with Gasteiger partial charge in [0, 0.05) is 80.3 Å². The molecule has 14 nitrogen and oxygen atoms in total. The second-order valence-corrected chi connectivity index (χ2v) is 18.6. The summed E-state index contributed by atoms with van der Waals surface area (Å²) in [6.45, 7) is 2.85. The van der Waals surface area contributed by atoms with E-state index in [1.54, 1.807) is 54.6 Å². The van der Waals surface area contributed by atoms with Crippen LogP contribution in [0.2, 0.25) is 20.1 Å². The predicted molar refractivity (Wildman–Crippen MR) is 221 cm³/mol. The van der Waals surface area contributed by atoms with Crippen molar-refractivity contribution in [2.45, 2.75) is 9.79 Å². The molecule has 0 bridgehead atoms. The molecule has 2 aliphatic heterocycles. The molecule has 2 saturated heterocycles. The van der Waals surface area contributed by atoms with Gasteiger partial charge in [-0.25, -0.2) is 26.4 Å². The van der Waals surface area contributed by atoms with Gasteiger partial charge in [-0.1, -0.05) is 64.6 Å². The number of anilines is 2. The lowest BCUT2D eigenvalue weighted by Gasteiger charge is -2.35. The fourth-order valence-electron chi connectivity index (χ4n) is 6.74. The Kier molecular flexibility index (Phi) is 11.9. The lowest BCUT2D eigenvalue weighted by Crippen LogP contribution is -2.48. The molecule has 0 unspecified atom stereocenters. The van der Waals surface area contributed by atoms with E-state index in [4.69, 9.17) is 65.5 Å². The second kappa shape index (κ2) is 16.6. The van der Waals surface area contributed by atoms with E-state index >= 15 is 0 Å². The summed E-state index contributed by atoms with van der Waals surface area (Å²) < 4.78 is 64.8. The number of hydrogen-bond acceptors (Lipinski definition) is 10. The van der Waals surface area contributed by atoms with Crippen molar-refractivity contribution in [1.82, 2.24) is 8.61 Å². The summed E-state index contributed by atoms with van der Waals surface area (Å²) in [4.78, 5) is 26.4. The van der Waals surface area contributed by atoms with Gasteiger partial charge in [-0.15, -0.1) is 0 Å². The quantitative estimate of drug-likeness (QED) is 0.151. The van der Waals surface area contributed by atoms with Gasteiger partial charge < -0.3 is 28.8 Å². The normalized spacial score (nSPS) is 15.7. The number of piperazine rings is 2. The van der Waals surface area contributed by atoms with E-state index in [1.807, 2.05) is 9.80 Å². The number of carboxylic acid groups (broad SMARTS) is 2. The summed E-state index contributed by atoms with van der Waals surface area (Å²) in [6.07, 6.45) is 0. The number of fused-ring (bicyclic) bond motifs is 2. The highest BCUT2D eigenvalue weighted by Gasteiger charge is 2.32. The number of sulfonamides is 2. The maximum absolute atomic E-state index is 12.9. The largest absolute Gasteiger partial charge is 0.475 e. The molecular weight excluding hydrogens is 878 g/mol. The Morgan fingerprint density at radius 3 is 1.47 bits per heavy atom. The number of furan rings is 2. The highest BCUT2D eigenvalue weighted by atomic mass is 35.5. The van der Waals surface area contributed by atoms with Gasteiger partial charge in [0.2, 0.25) is 31.6 Å². The van der Waals surface area contributed by atoms with Crippen molar-refractivity contribution in [3.8, 4) is 0 Å². The summed E-state index contributed by atoms with van der Waals surface area (Å²) in [6, 6.07) is 22.2. The summed E-state index contributed by atoms with van der Waals surface area (Å²) >= 11 is 25.0. The molecule has 304 valence electrons. The summed E-state index contributed by atoms with van der Waals surface area (Å²) in [5, 5.41) is 20.5. The van der Waals surface area contributed by atoms with Crippen LogP contribution in [0.4, 0.5) is 11.4 Å². The zero-order chi connectivity index (χ0) is 41.5. The van der Waals surface area contributed by atoms with Crippen LogP contribution in [0.5, 0.6) is 0 Å². The van der Waals surface area contributed by atoms with E-state index in [0.29, 0.717) is 74.6 Å². The number of rotatable bonds is 8. The molecule has 0 amide bonds. The molecular formula is C38H32Cl4N4O10S2. The van der Waals surface area contributed by atoms with Gasteiger partial charge >= 0.3 is 11.9 Å². The van der Waals surface area contributed by atoms with Crippen LogP contribution in [-0.4, -0.2) is 100.0 Å². The maximum atomic E-state index is 12.9. The molecule has 0 atom stereocenters. The number of benzene rings is 4. The fraction of sp³-hybridized carbons (Fsp3) is 0.211. The third-order valence-electron chi connectivity index (χ3n) is 9.70. The molecule has 2 aliphatic rings. The minimum Gasteiger partial charge on any atom is -0.475 e. The van der Waals surface area contributed by atoms with Crippen LogP contribution >= 0.6 is 46.4 Å². The van der Waals surface area contributed by atoms with Gasteiger partial charge in [-0.3, -0.25) is 0 Å². The van der Waals surface area contributed by atoms with Crippen molar-refractivity contribution < 1.29 is 45.5 Å². The number of aromatic carboxylic acids is 2. The monoisotopic (exact) mass is 908 g/mol. The molecule has 20 heteroatoms. The van der Waals surface area contributed by atoms with E-state index in [-0.39, 0.29) is 52.5 Å². The standard InChI is InChI=1S/2C19H16Cl2N2O5S/c20-12-2-1-3-13(10-12)29(26,27)23-8-6-22(7-9-23)15-4-5-16-14(18(15)21)11-17(28-16)19(24)25;20-13-3-1-2-4-17(13)29(26,27)23-9-7-22(8-10-23)14-5-6-15-12(18(14)21)11-16(28-15)19(24)25/h1-5,10-11H,6-9H2,(H,24,25);1-6,11H,7-10H2,(H,24,25). The molecule has 2 N–H and O–H groups in total. The highest BCUT2D eigenvalue weighted by molar-refractivity contribution is 7.89. The first-order valence-electron chi connectivity index (χ1n) is 17.5. The Hall–Kier alpha value is -4.52. The highest BCUT2D eigenvalue weighted by Crippen LogP contribution is 2.38. The van der Waals surface area contributed by atoms with E-state index in [2.05, 4.69) is 0 Å². The molecule has 8 rings (SSSR count). The van der Waals surface area contributed by atoms with Crippen molar-refractivity contribution in [3.05, 3.63) is 117 Å². The van der Waals surface area contributed by atoms with Crippen molar-refractivity contribution in [2.75, 3.05) is 62.2 Å². The molecule has 58 heavy (non-hydrogen) atoms. The SMILES string of the molecule is O=C(O)c1cc2c(Cl)c(N3CCN(S(=O)(=O)c4cccc(Cl)c4)CC3)ccc2o1.O=C(O)c1cc2c(Cl)c(N3CCN(S(=O)(=O)c4ccccc4Cl)CC3)ccc2o1. The number of carbonyl (C=O) groups is 2. The van der Waals surface area contributed by atoms with Gasteiger partial charge in [-0.05, 0) is 54.6 Å². The molecule has 4 heterocycles. The van der Waals surface area contributed by atoms with E-state index in [0.717, 1.165) is 0 Å². The zero-order valence-corrected chi connectivity index (χ0v) is 34.7. The van der Waals surface area contributed by atoms with Crippen LogP contribution in [0.15, 0.2) is 104 Å². The number of nitrogens with zero attached hydrogens (tertiary/aromatic N) is 4. The summed E-state index contributed by atoms with van der Waals surface area (Å²) in [7, 11) is -7.32. The van der Waals surface area contributed by atoms with Gasteiger partial charge in [0.15, 0.2) is 0 Å². The number of halogens is 4. The Bertz CT molecular complexity index is 2780. The van der Waals surface area contributed by atoms with Crippen LogP contribution in [0, 0.1) is 0 Å². The molecule has 2 aromatic heterocycles. The van der Waals surface area contributed by atoms with Crippen LogP contribution in [0.25, 0.3) is 21.9 Å². The summed E-state index contributed by atoms with van der Waals surface area (Å²) in [5.41, 5.74) is 2.18. The molecule has 0 aliphatic carbocycles. The van der Waals surface area contributed by atoms with Crippen LogP contribution in [-0.2, 0) is 20.0 Å². The van der Waals surface area contributed by atoms with Gasteiger partial charge in [0.1, 0.15) is 16.1 Å². The lowest BCUT2D eigenvalue weighted by molar-refractivity contribution is 0.0655. The van der Waals surface area contributed by atoms with Crippen molar-refractivity contribution in [2.24, 2.45) is 0 Å². The van der Waals surface area contributed by atoms with Crippen LogP contribution in [0.3, 0.4) is 0 Å². The van der Waals surface area contributed by atoms with Gasteiger partial charge in [0.25, 0.3) is 0 Å². The molecule has 2 fully saturated rings. The Balaban J connectivity index is 0.000000177. The molecule has 0 saturated carbocycles. The number of hydrogen-bond donors (Lipinski definition) is 2. The topological polar surface area (TPSA) is 182 Å². The van der Waals surface area contributed by atoms with Crippen molar-refractivity contribution >= 4 is 112 Å². The Morgan fingerprint density at radius 2 is 1.02 bits per heavy atom. The average molecular weight is 911 g/mol. The molecule has 0 radical (unpaired) electrons. The first-order valence-corrected chi connectivity index (χ1v) is 21.9. The average Bonchev–Trinajstić information content (AvgIpc) is 3.86. The third kappa shape index (κ3) is 8.20. The van der Waals surface area contributed by atoms with E-state index in [9.17, 15) is 26.4 Å². The maximum Gasteiger partial charge on any atom is 0.371 e. The first-order chi connectivity index (χ1) is 27.6.